The van der Waals surface area contributed by atoms with Crippen LogP contribution >= 0.6 is 0 Å². The molecule has 0 heterocycles. The average molecular weight is 186 g/mol. The Balaban J connectivity index is 2.87. The number of carboxylic acids is 1. The van der Waals surface area contributed by atoms with Gasteiger partial charge in [0.25, 0.3) is 0 Å². The van der Waals surface area contributed by atoms with Crippen molar-refractivity contribution in [1.29, 1.82) is 0 Å². The first kappa shape index (κ1) is 8.56. The van der Waals surface area contributed by atoms with Crippen LogP contribution in [-0.2, 0) is 0 Å². The molecule has 0 bridgehead atoms. The zero-order chi connectivity index (χ0) is 10.1. The lowest BCUT2D eigenvalue weighted by Gasteiger charge is -2.08. The Morgan fingerprint density at radius 3 is 2.64 bits per heavy atom. The third-order valence-corrected chi connectivity index (χ3v) is 2.10. The summed E-state index contributed by atoms with van der Waals surface area (Å²) < 4.78 is 0. The molecule has 0 aromatic heterocycles. The van der Waals surface area contributed by atoms with Gasteiger partial charge in [-0.25, -0.2) is 0 Å². The second-order valence-corrected chi connectivity index (χ2v) is 3.08. The number of rotatable bonds is 1. The van der Waals surface area contributed by atoms with Gasteiger partial charge in [0.05, 0.1) is 5.97 Å². The number of benzene rings is 2. The fourth-order valence-electron chi connectivity index (χ4n) is 1.50. The van der Waals surface area contributed by atoms with E-state index in [1.165, 1.54) is 6.07 Å². The highest BCUT2D eigenvalue weighted by molar-refractivity contribution is 6.04. The number of nitrogens with two attached hydrogens (primary N) is 1. The van der Waals surface area contributed by atoms with Crippen LogP contribution in [0.2, 0.25) is 0 Å². The molecule has 0 saturated heterocycles. The lowest BCUT2D eigenvalue weighted by Crippen LogP contribution is -2.22. The zero-order valence-corrected chi connectivity index (χ0v) is 7.36. The topological polar surface area (TPSA) is 66.2 Å². The maximum absolute atomic E-state index is 10.8. The van der Waals surface area contributed by atoms with E-state index in [0.29, 0.717) is 11.1 Å². The van der Waals surface area contributed by atoms with Crippen molar-refractivity contribution in [2.45, 2.75) is 0 Å². The molecule has 0 saturated carbocycles. The maximum atomic E-state index is 10.8. The van der Waals surface area contributed by atoms with Gasteiger partial charge in [-0.1, -0.05) is 24.3 Å². The van der Waals surface area contributed by atoms with Gasteiger partial charge < -0.3 is 15.6 Å². The first-order valence-corrected chi connectivity index (χ1v) is 4.18. The van der Waals surface area contributed by atoms with Crippen molar-refractivity contribution < 1.29 is 9.90 Å². The van der Waals surface area contributed by atoms with E-state index < -0.39 is 5.97 Å². The average Bonchev–Trinajstić information content (AvgIpc) is 2.16. The molecule has 0 aliphatic carbocycles. The molecule has 0 atom stereocenters. The maximum Gasteiger partial charge on any atom is 0.0722 e. The number of hydrogen-bond acceptors (Lipinski definition) is 3. The number of hydrogen-bond donors (Lipinski definition) is 1. The molecular weight excluding hydrogens is 178 g/mol. The van der Waals surface area contributed by atoms with Gasteiger partial charge in [0.1, 0.15) is 0 Å². The van der Waals surface area contributed by atoms with Crippen molar-refractivity contribution >= 4 is 22.4 Å². The van der Waals surface area contributed by atoms with Crippen LogP contribution in [0.4, 0.5) is 5.69 Å². The van der Waals surface area contributed by atoms with Crippen LogP contribution in [-0.4, -0.2) is 5.97 Å². The number of fused-ring (bicyclic) bond motifs is 1. The smallest absolute Gasteiger partial charge is 0.0722 e. The lowest BCUT2D eigenvalue weighted by molar-refractivity contribution is -0.254. The van der Waals surface area contributed by atoms with Crippen molar-refractivity contribution in [2.24, 2.45) is 0 Å². The predicted molar refractivity (Wildman–Crippen MR) is 52.7 cm³/mol. The normalized spacial score (nSPS) is 10.3. The summed E-state index contributed by atoms with van der Waals surface area (Å²) in [5.74, 6) is -1.20. The van der Waals surface area contributed by atoms with Gasteiger partial charge in [-0.15, -0.1) is 0 Å². The van der Waals surface area contributed by atoms with Crippen LogP contribution in [0.25, 0.3) is 10.8 Å². The van der Waals surface area contributed by atoms with Crippen molar-refractivity contribution in [3.63, 3.8) is 0 Å². The first-order valence-electron chi connectivity index (χ1n) is 4.18. The first-order chi connectivity index (χ1) is 6.68. The quantitative estimate of drug-likeness (QED) is 0.669. The van der Waals surface area contributed by atoms with E-state index in [0.717, 1.165) is 5.39 Å². The summed E-state index contributed by atoms with van der Waals surface area (Å²) in [7, 11) is 0. The van der Waals surface area contributed by atoms with E-state index in [9.17, 15) is 9.90 Å². The molecular formula is C11H8NO2-. The molecule has 2 N–H and O–H groups in total. The third kappa shape index (κ3) is 1.29. The third-order valence-electron chi connectivity index (χ3n) is 2.10. The van der Waals surface area contributed by atoms with E-state index >= 15 is 0 Å². The zero-order valence-electron chi connectivity index (χ0n) is 7.36. The summed E-state index contributed by atoms with van der Waals surface area (Å²) in [6, 6.07) is 10.3. The second kappa shape index (κ2) is 3.03. The fourth-order valence-corrected chi connectivity index (χ4v) is 1.50. The van der Waals surface area contributed by atoms with Gasteiger partial charge in [-0.2, -0.15) is 0 Å². The monoisotopic (exact) mass is 186 g/mol. The Labute approximate surface area is 80.8 Å². The highest BCUT2D eigenvalue weighted by atomic mass is 16.4. The molecule has 2 aromatic carbocycles. The summed E-state index contributed by atoms with van der Waals surface area (Å²) in [4.78, 5) is 10.8. The molecule has 2 rings (SSSR count). The summed E-state index contributed by atoms with van der Waals surface area (Å²) in [5, 5.41) is 12.3. The summed E-state index contributed by atoms with van der Waals surface area (Å²) >= 11 is 0. The predicted octanol–water partition coefficient (Wildman–Crippen LogP) is 0.785. The molecule has 0 aliphatic rings. The fraction of sp³-hybridized carbons (Fsp3) is 0. The molecule has 0 spiro atoms. The number of carbonyl (C=O) groups is 1. The van der Waals surface area contributed by atoms with Crippen molar-refractivity contribution in [3.05, 3.63) is 42.0 Å². The van der Waals surface area contributed by atoms with Crippen molar-refractivity contribution in [2.75, 3.05) is 5.73 Å². The summed E-state index contributed by atoms with van der Waals surface area (Å²) in [5.41, 5.74) is 6.14. The van der Waals surface area contributed by atoms with Gasteiger partial charge >= 0.3 is 0 Å². The van der Waals surface area contributed by atoms with Crippen molar-refractivity contribution in [1.82, 2.24) is 0 Å². The minimum atomic E-state index is -1.20. The molecule has 3 nitrogen and oxygen atoms in total. The van der Waals surface area contributed by atoms with Gasteiger partial charge in [0.2, 0.25) is 0 Å². The Morgan fingerprint density at radius 1 is 1.21 bits per heavy atom. The van der Waals surface area contributed by atoms with Crippen LogP contribution in [0.3, 0.4) is 0 Å². The van der Waals surface area contributed by atoms with Gasteiger partial charge in [-0.3, -0.25) is 0 Å². The standard InChI is InChI=1S/C11H9NO2/c12-8-5-7-3-1-2-4-9(7)10(6-8)11(13)14/h1-6H,12H2,(H,13,14)/p-1. The molecule has 0 amide bonds. The second-order valence-electron chi connectivity index (χ2n) is 3.08. The van der Waals surface area contributed by atoms with Gasteiger partial charge in [-0.05, 0) is 22.9 Å². The minimum absolute atomic E-state index is 0.139. The van der Waals surface area contributed by atoms with Crippen LogP contribution in [0.5, 0.6) is 0 Å². The van der Waals surface area contributed by atoms with E-state index in [-0.39, 0.29) is 5.56 Å². The SMILES string of the molecule is Nc1cc(C(=O)[O-])c2ccccc2c1. The Morgan fingerprint density at radius 2 is 1.93 bits per heavy atom. The minimum Gasteiger partial charge on any atom is -0.545 e. The van der Waals surface area contributed by atoms with E-state index in [2.05, 4.69) is 0 Å². The van der Waals surface area contributed by atoms with Crippen LogP contribution in [0.1, 0.15) is 10.4 Å². The van der Waals surface area contributed by atoms with E-state index in [4.69, 9.17) is 5.73 Å². The van der Waals surface area contributed by atoms with Crippen LogP contribution in [0, 0.1) is 0 Å². The number of carboxylic acid groups (broad SMARTS) is 1. The highest BCUT2D eigenvalue weighted by Crippen LogP contribution is 2.21. The Hall–Kier alpha value is -2.03. The largest absolute Gasteiger partial charge is 0.545 e. The lowest BCUT2D eigenvalue weighted by atomic mass is 10.0. The van der Waals surface area contributed by atoms with Crippen molar-refractivity contribution in [3.8, 4) is 0 Å². The molecule has 0 fully saturated rings. The van der Waals surface area contributed by atoms with Gasteiger partial charge in [0.15, 0.2) is 0 Å². The van der Waals surface area contributed by atoms with Crippen LogP contribution < -0.4 is 10.8 Å². The molecule has 0 aliphatic heterocycles. The van der Waals surface area contributed by atoms with E-state index in [1.807, 2.05) is 12.1 Å². The summed E-state index contributed by atoms with van der Waals surface area (Å²) in [6.07, 6.45) is 0. The number of carbonyl (C=O) groups excluding carboxylic acids is 1. The number of anilines is 1. The molecule has 0 unspecified atom stereocenters. The molecule has 70 valence electrons. The number of aromatic carboxylic acids is 1. The summed E-state index contributed by atoms with van der Waals surface area (Å²) in [6.45, 7) is 0. The van der Waals surface area contributed by atoms with Crippen LogP contribution in [0.15, 0.2) is 36.4 Å². The van der Waals surface area contributed by atoms with E-state index in [1.54, 1.807) is 18.2 Å². The molecule has 0 radical (unpaired) electrons. The molecule has 3 heteroatoms. The Bertz CT molecular complexity index is 506. The molecule has 2 aromatic rings. The van der Waals surface area contributed by atoms with Gasteiger partial charge in [0, 0.05) is 11.3 Å². The Kier molecular flexibility index (Phi) is 1.85. The molecule has 14 heavy (non-hydrogen) atoms. The number of nitrogen functional groups attached to an aromatic ring is 1. The highest BCUT2D eigenvalue weighted by Gasteiger charge is 2.02.